The molecular weight excluding hydrogens is 370 g/mol. The van der Waals surface area contributed by atoms with Crippen molar-refractivity contribution in [2.75, 3.05) is 13.1 Å². The minimum absolute atomic E-state index is 0.310. The van der Waals surface area contributed by atoms with Crippen molar-refractivity contribution in [3.8, 4) is 0 Å². The number of aromatic nitrogens is 3. The fourth-order valence-corrected chi connectivity index (χ4v) is 3.99. The highest BCUT2D eigenvalue weighted by Crippen LogP contribution is 2.32. The molecule has 2 aromatic heterocycles. The van der Waals surface area contributed by atoms with Crippen LogP contribution in [0.5, 0.6) is 0 Å². The van der Waals surface area contributed by atoms with Gasteiger partial charge in [-0.25, -0.2) is 4.98 Å². The van der Waals surface area contributed by atoms with Gasteiger partial charge in [0.05, 0.1) is 28.8 Å². The maximum Gasteiger partial charge on any atom is 0.262 e. The summed E-state index contributed by atoms with van der Waals surface area (Å²) in [5.41, 5.74) is 3.06. The summed E-state index contributed by atoms with van der Waals surface area (Å²) in [6, 6.07) is 11.7. The third-order valence-corrected chi connectivity index (χ3v) is 5.38. The number of pyridine rings is 1. The van der Waals surface area contributed by atoms with Crippen molar-refractivity contribution in [1.82, 2.24) is 24.8 Å². The van der Waals surface area contributed by atoms with E-state index >= 15 is 0 Å². The first-order valence-corrected chi connectivity index (χ1v) is 9.33. The van der Waals surface area contributed by atoms with Gasteiger partial charge < -0.3 is 9.88 Å². The summed E-state index contributed by atoms with van der Waals surface area (Å²) in [7, 11) is 0. The number of benzene rings is 1. The van der Waals surface area contributed by atoms with Crippen LogP contribution in [0.25, 0.3) is 0 Å². The maximum atomic E-state index is 13.2. The topological polar surface area (TPSA) is 99.3 Å². The van der Waals surface area contributed by atoms with E-state index in [1.807, 2.05) is 18.2 Å². The first kappa shape index (κ1) is 17.3. The molecule has 0 bridgehead atoms. The molecule has 0 radical (unpaired) electrons. The zero-order chi connectivity index (χ0) is 20.0. The lowest BCUT2D eigenvalue weighted by Crippen LogP contribution is -2.47. The third kappa shape index (κ3) is 2.72. The minimum atomic E-state index is -0.464. The van der Waals surface area contributed by atoms with Crippen molar-refractivity contribution < 1.29 is 14.4 Å². The largest absolute Gasteiger partial charge is 0.348 e. The van der Waals surface area contributed by atoms with Crippen LogP contribution in [-0.2, 0) is 11.2 Å². The number of hydrogen-bond acceptors (Lipinski definition) is 5. The summed E-state index contributed by atoms with van der Waals surface area (Å²) < 4.78 is 0. The molecule has 8 nitrogen and oxygen atoms in total. The number of imide groups is 1. The molecule has 1 aromatic carbocycles. The van der Waals surface area contributed by atoms with Crippen molar-refractivity contribution in [2.24, 2.45) is 0 Å². The van der Waals surface area contributed by atoms with Crippen LogP contribution in [0.1, 0.15) is 43.8 Å². The van der Waals surface area contributed by atoms with Gasteiger partial charge in [-0.05, 0) is 24.3 Å². The van der Waals surface area contributed by atoms with Crippen molar-refractivity contribution in [2.45, 2.75) is 12.5 Å². The van der Waals surface area contributed by atoms with Crippen LogP contribution in [0.4, 0.5) is 0 Å². The van der Waals surface area contributed by atoms with Gasteiger partial charge in [-0.1, -0.05) is 18.2 Å². The highest BCUT2D eigenvalue weighted by atomic mass is 16.2. The number of fused-ring (bicyclic) bond motifs is 2. The first-order valence-electron chi connectivity index (χ1n) is 9.33. The molecule has 5 rings (SSSR count). The number of amides is 3. The van der Waals surface area contributed by atoms with E-state index in [1.54, 1.807) is 41.7 Å². The smallest absolute Gasteiger partial charge is 0.262 e. The SMILES string of the molecule is O=C1c2ccccc2C(=O)N1CC(=O)N1CCc2[nH]cnc2[C@@H]1c1ccccn1. The molecule has 1 atom stereocenters. The number of hydrogen-bond donors (Lipinski definition) is 1. The van der Waals surface area contributed by atoms with Crippen molar-refractivity contribution >= 4 is 17.7 Å². The van der Waals surface area contributed by atoms with Gasteiger partial charge in [-0.3, -0.25) is 24.3 Å². The van der Waals surface area contributed by atoms with E-state index in [-0.39, 0.29) is 12.5 Å². The Bertz CT molecular complexity index is 1090. The fourth-order valence-electron chi connectivity index (χ4n) is 3.99. The minimum Gasteiger partial charge on any atom is -0.348 e. The second kappa shape index (κ2) is 6.66. The first-order chi connectivity index (χ1) is 14.1. The van der Waals surface area contributed by atoms with Crippen LogP contribution in [-0.4, -0.2) is 55.6 Å². The number of aromatic amines is 1. The van der Waals surface area contributed by atoms with Crippen LogP contribution >= 0.6 is 0 Å². The predicted octanol–water partition coefficient (Wildman–Crippen LogP) is 1.58. The van der Waals surface area contributed by atoms with Crippen LogP contribution in [0.3, 0.4) is 0 Å². The molecule has 8 heteroatoms. The molecule has 2 aliphatic heterocycles. The van der Waals surface area contributed by atoms with Gasteiger partial charge in [-0.2, -0.15) is 0 Å². The molecule has 29 heavy (non-hydrogen) atoms. The fraction of sp³-hybridized carbons (Fsp3) is 0.190. The summed E-state index contributed by atoms with van der Waals surface area (Å²) in [6.07, 6.45) is 3.90. The Morgan fingerprint density at radius 3 is 2.45 bits per heavy atom. The lowest BCUT2D eigenvalue weighted by atomic mass is 9.99. The predicted molar refractivity (Wildman–Crippen MR) is 102 cm³/mol. The zero-order valence-electron chi connectivity index (χ0n) is 15.4. The Hall–Kier alpha value is -3.81. The summed E-state index contributed by atoms with van der Waals surface area (Å²) in [5.74, 6) is -1.19. The standard InChI is InChI=1S/C21H17N5O3/c27-17(11-26-20(28)13-5-1-2-6-14(13)21(26)29)25-10-8-15-18(24-12-23-15)19(25)16-7-3-4-9-22-16/h1-7,9,12,19H,8,10-11H2,(H,23,24)/t19-/m0/s1. The number of carbonyl (C=O) groups is 3. The molecule has 0 saturated carbocycles. The Morgan fingerprint density at radius 1 is 1.03 bits per heavy atom. The molecule has 0 spiro atoms. The van der Waals surface area contributed by atoms with Gasteiger partial charge in [0.1, 0.15) is 12.6 Å². The van der Waals surface area contributed by atoms with E-state index < -0.39 is 17.9 Å². The summed E-state index contributed by atoms with van der Waals surface area (Å²) in [4.78, 5) is 53.1. The van der Waals surface area contributed by atoms with Crippen molar-refractivity contribution in [3.05, 3.63) is 83.2 Å². The Kier molecular flexibility index (Phi) is 3.97. The number of nitrogens with one attached hydrogen (secondary N) is 1. The molecule has 0 fully saturated rings. The van der Waals surface area contributed by atoms with Crippen LogP contribution in [0.2, 0.25) is 0 Å². The van der Waals surface area contributed by atoms with Gasteiger partial charge in [0.15, 0.2) is 0 Å². The summed E-state index contributed by atoms with van der Waals surface area (Å²) in [5, 5.41) is 0. The number of rotatable bonds is 3. The van der Waals surface area contributed by atoms with Gasteiger partial charge in [0, 0.05) is 24.9 Å². The van der Waals surface area contributed by atoms with Crippen LogP contribution in [0, 0.1) is 0 Å². The van der Waals surface area contributed by atoms with E-state index in [0.717, 1.165) is 16.3 Å². The van der Waals surface area contributed by atoms with Gasteiger partial charge in [-0.15, -0.1) is 0 Å². The average molecular weight is 387 g/mol. The molecule has 2 aliphatic rings. The number of nitrogens with zero attached hydrogens (tertiary/aromatic N) is 4. The van der Waals surface area contributed by atoms with Crippen molar-refractivity contribution in [1.29, 1.82) is 0 Å². The third-order valence-electron chi connectivity index (χ3n) is 5.38. The number of carbonyl (C=O) groups excluding carboxylic acids is 3. The average Bonchev–Trinajstić information content (AvgIpc) is 3.33. The van der Waals surface area contributed by atoms with E-state index in [1.165, 1.54) is 0 Å². The van der Waals surface area contributed by atoms with Crippen LogP contribution < -0.4 is 0 Å². The van der Waals surface area contributed by atoms with Crippen LogP contribution in [0.15, 0.2) is 55.0 Å². The lowest BCUT2D eigenvalue weighted by Gasteiger charge is -2.35. The maximum absolute atomic E-state index is 13.2. The molecule has 144 valence electrons. The van der Waals surface area contributed by atoms with E-state index in [2.05, 4.69) is 15.0 Å². The lowest BCUT2D eigenvalue weighted by molar-refractivity contribution is -0.133. The monoisotopic (exact) mass is 387 g/mol. The Labute approximate surface area is 166 Å². The summed E-state index contributed by atoms with van der Waals surface area (Å²) in [6.45, 7) is 0.133. The highest BCUT2D eigenvalue weighted by molar-refractivity contribution is 6.22. The zero-order valence-corrected chi connectivity index (χ0v) is 15.4. The molecule has 0 aliphatic carbocycles. The van der Waals surface area contributed by atoms with E-state index in [4.69, 9.17) is 0 Å². The Morgan fingerprint density at radius 2 is 1.76 bits per heavy atom. The molecule has 1 N–H and O–H groups in total. The van der Waals surface area contributed by atoms with Gasteiger partial charge in [0.25, 0.3) is 11.8 Å². The van der Waals surface area contributed by atoms with Gasteiger partial charge in [0.2, 0.25) is 5.91 Å². The Balaban J connectivity index is 1.45. The van der Waals surface area contributed by atoms with E-state index in [0.29, 0.717) is 29.8 Å². The van der Waals surface area contributed by atoms with Crippen molar-refractivity contribution in [3.63, 3.8) is 0 Å². The normalized spacial score (nSPS) is 18.0. The molecule has 0 saturated heterocycles. The number of H-pyrrole nitrogens is 1. The molecule has 0 unspecified atom stereocenters. The second-order valence-electron chi connectivity index (χ2n) is 7.00. The molecular formula is C21H17N5O3. The van der Waals surface area contributed by atoms with Gasteiger partial charge >= 0.3 is 0 Å². The number of imidazole rings is 1. The molecule has 3 amide bonds. The van der Waals surface area contributed by atoms with E-state index in [9.17, 15) is 14.4 Å². The highest BCUT2D eigenvalue weighted by Gasteiger charge is 2.40. The summed E-state index contributed by atoms with van der Waals surface area (Å²) >= 11 is 0. The molecule has 4 heterocycles. The molecule has 3 aromatic rings. The quantitative estimate of drug-likeness (QED) is 0.688. The second-order valence-corrected chi connectivity index (χ2v) is 7.00.